The largest absolute Gasteiger partial charge is 0.472 e. The summed E-state index contributed by atoms with van der Waals surface area (Å²) in [6.45, 7) is 2.85. The molecule has 2 heterocycles. The lowest BCUT2D eigenvalue weighted by Crippen LogP contribution is -2.16. The molecule has 0 aliphatic heterocycles. The Kier molecular flexibility index (Phi) is 4.06. The molecule has 0 radical (unpaired) electrons. The van der Waals surface area contributed by atoms with Gasteiger partial charge in [-0.2, -0.15) is 0 Å². The van der Waals surface area contributed by atoms with E-state index < -0.39 is 0 Å². The molecule has 0 N–H and O–H groups in total. The monoisotopic (exact) mass is 296 g/mol. The molecule has 22 heavy (non-hydrogen) atoms. The van der Waals surface area contributed by atoms with Crippen molar-refractivity contribution in [2.45, 2.75) is 19.5 Å². The second-order valence-electron chi connectivity index (χ2n) is 5.70. The summed E-state index contributed by atoms with van der Waals surface area (Å²) in [4.78, 5) is 2.19. The van der Waals surface area contributed by atoms with Gasteiger partial charge < -0.3 is 9.32 Å². The van der Waals surface area contributed by atoms with Crippen molar-refractivity contribution in [1.82, 2.24) is 19.9 Å². The van der Waals surface area contributed by atoms with Crippen molar-refractivity contribution in [3.8, 4) is 11.3 Å². The maximum absolute atomic E-state index is 5.08. The van der Waals surface area contributed by atoms with Crippen molar-refractivity contribution >= 4 is 0 Å². The summed E-state index contributed by atoms with van der Waals surface area (Å²) in [7, 11) is 4.16. The molecular formula is C17H20N4O. The minimum absolute atomic E-state index is 0.362. The summed E-state index contributed by atoms with van der Waals surface area (Å²) in [5, 5.41) is 8.47. The molecule has 3 aromatic rings. The van der Waals surface area contributed by atoms with Crippen LogP contribution < -0.4 is 0 Å². The lowest BCUT2D eigenvalue weighted by Gasteiger charge is -2.20. The van der Waals surface area contributed by atoms with Crippen LogP contribution in [0.25, 0.3) is 11.3 Å². The Labute approximate surface area is 130 Å². The van der Waals surface area contributed by atoms with Gasteiger partial charge >= 0.3 is 0 Å². The standard InChI is InChI=1S/C17H20N4O/c1-13(20(2)3)15-5-4-6-16(9-15)17-11-21(19-18-17)10-14-7-8-22-12-14/h4-9,11-13H,10H2,1-3H3. The molecule has 3 rings (SSSR count). The zero-order chi connectivity index (χ0) is 15.5. The number of rotatable bonds is 5. The molecule has 1 aromatic carbocycles. The molecule has 1 atom stereocenters. The number of aromatic nitrogens is 3. The van der Waals surface area contributed by atoms with E-state index in [2.05, 4.69) is 60.5 Å². The van der Waals surface area contributed by atoms with Gasteiger partial charge in [0, 0.05) is 17.2 Å². The van der Waals surface area contributed by atoms with E-state index in [0.717, 1.165) is 16.8 Å². The Bertz CT molecular complexity index is 731. The molecule has 5 heteroatoms. The summed E-state index contributed by atoms with van der Waals surface area (Å²) in [5.41, 5.74) is 4.32. The third-order valence-corrected chi connectivity index (χ3v) is 3.90. The quantitative estimate of drug-likeness (QED) is 0.725. The Morgan fingerprint density at radius 3 is 2.86 bits per heavy atom. The molecule has 0 spiro atoms. The molecule has 0 saturated carbocycles. The topological polar surface area (TPSA) is 47.1 Å². The van der Waals surface area contributed by atoms with Crippen LogP contribution in [0.1, 0.15) is 24.1 Å². The van der Waals surface area contributed by atoms with Crippen molar-refractivity contribution < 1.29 is 4.42 Å². The van der Waals surface area contributed by atoms with Gasteiger partial charge in [-0.15, -0.1) is 5.10 Å². The van der Waals surface area contributed by atoms with Gasteiger partial charge in [-0.1, -0.05) is 23.4 Å². The molecule has 0 amide bonds. The average Bonchev–Trinajstić information content (AvgIpc) is 3.19. The molecule has 5 nitrogen and oxygen atoms in total. The Morgan fingerprint density at radius 1 is 1.27 bits per heavy atom. The minimum Gasteiger partial charge on any atom is -0.472 e. The van der Waals surface area contributed by atoms with E-state index in [1.54, 1.807) is 12.5 Å². The fourth-order valence-electron chi connectivity index (χ4n) is 2.33. The van der Waals surface area contributed by atoms with Crippen molar-refractivity contribution in [1.29, 1.82) is 0 Å². The summed E-state index contributed by atoms with van der Waals surface area (Å²) in [6, 6.07) is 10.8. The van der Waals surface area contributed by atoms with Crippen molar-refractivity contribution in [2.24, 2.45) is 0 Å². The highest BCUT2D eigenvalue weighted by Gasteiger charge is 2.10. The lowest BCUT2D eigenvalue weighted by molar-refractivity contribution is 0.321. The first-order valence-electron chi connectivity index (χ1n) is 7.31. The molecule has 0 aliphatic carbocycles. The summed E-state index contributed by atoms with van der Waals surface area (Å²) in [6.07, 6.45) is 5.35. The molecule has 2 aromatic heterocycles. The van der Waals surface area contributed by atoms with Crippen molar-refractivity contribution in [3.05, 3.63) is 60.2 Å². The van der Waals surface area contributed by atoms with Crippen LogP contribution in [0.4, 0.5) is 0 Å². The zero-order valence-corrected chi connectivity index (χ0v) is 13.1. The van der Waals surface area contributed by atoms with Gasteiger partial charge in [0.25, 0.3) is 0 Å². The SMILES string of the molecule is CC(c1cccc(-c2cn(Cc3ccoc3)nn2)c1)N(C)C. The second-order valence-corrected chi connectivity index (χ2v) is 5.70. The molecule has 0 aliphatic rings. The van der Waals surface area contributed by atoms with Crippen LogP contribution in [0.2, 0.25) is 0 Å². The predicted molar refractivity (Wildman–Crippen MR) is 85.4 cm³/mol. The van der Waals surface area contributed by atoms with Crippen LogP contribution in [0.15, 0.2) is 53.5 Å². The zero-order valence-electron chi connectivity index (χ0n) is 13.1. The van der Waals surface area contributed by atoms with E-state index in [0.29, 0.717) is 12.6 Å². The van der Waals surface area contributed by atoms with Gasteiger partial charge in [0.05, 0.1) is 25.3 Å². The van der Waals surface area contributed by atoms with E-state index in [4.69, 9.17) is 4.42 Å². The fourth-order valence-corrected chi connectivity index (χ4v) is 2.33. The van der Waals surface area contributed by atoms with Crippen LogP contribution in [-0.2, 0) is 6.54 Å². The smallest absolute Gasteiger partial charge is 0.113 e. The number of hydrogen-bond donors (Lipinski definition) is 0. The van der Waals surface area contributed by atoms with Gasteiger partial charge in [-0.05, 0) is 38.7 Å². The molecular weight excluding hydrogens is 276 g/mol. The van der Waals surface area contributed by atoms with Crippen molar-refractivity contribution in [3.63, 3.8) is 0 Å². The van der Waals surface area contributed by atoms with E-state index in [1.165, 1.54) is 5.56 Å². The van der Waals surface area contributed by atoms with E-state index in [9.17, 15) is 0 Å². The average molecular weight is 296 g/mol. The number of benzene rings is 1. The highest BCUT2D eigenvalue weighted by Crippen LogP contribution is 2.23. The lowest BCUT2D eigenvalue weighted by atomic mass is 10.0. The second kappa shape index (κ2) is 6.15. The minimum atomic E-state index is 0.362. The molecule has 0 fully saturated rings. The van der Waals surface area contributed by atoms with Gasteiger partial charge in [0.15, 0.2) is 0 Å². The van der Waals surface area contributed by atoms with Crippen LogP contribution in [-0.4, -0.2) is 34.0 Å². The number of hydrogen-bond acceptors (Lipinski definition) is 4. The molecule has 114 valence electrons. The maximum atomic E-state index is 5.08. The third kappa shape index (κ3) is 3.09. The van der Waals surface area contributed by atoms with Crippen molar-refractivity contribution in [2.75, 3.05) is 14.1 Å². The molecule has 1 unspecified atom stereocenters. The summed E-state index contributed by atoms with van der Waals surface area (Å²) in [5.74, 6) is 0. The first-order valence-corrected chi connectivity index (χ1v) is 7.31. The molecule has 0 bridgehead atoms. The maximum Gasteiger partial charge on any atom is 0.113 e. The Morgan fingerprint density at radius 2 is 2.14 bits per heavy atom. The Balaban J connectivity index is 1.82. The van der Waals surface area contributed by atoms with Gasteiger partial charge in [0.1, 0.15) is 5.69 Å². The highest BCUT2D eigenvalue weighted by molar-refractivity contribution is 5.58. The summed E-state index contributed by atoms with van der Waals surface area (Å²) < 4.78 is 6.90. The Hall–Kier alpha value is -2.40. The van der Waals surface area contributed by atoms with Gasteiger partial charge in [-0.3, -0.25) is 0 Å². The predicted octanol–water partition coefficient (Wildman–Crippen LogP) is 3.21. The van der Waals surface area contributed by atoms with Crippen LogP contribution in [0, 0.1) is 0 Å². The fraction of sp³-hybridized carbons (Fsp3) is 0.294. The van der Waals surface area contributed by atoms with Crippen LogP contribution in [0.3, 0.4) is 0 Å². The normalized spacial score (nSPS) is 12.7. The first-order chi connectivity index (χ1) is 10.6. The van der Waals surface area contributed by atoms with Gasteiger partial charge in [-0.25, -0.2) is 4.68 Å². The third-order valence-electron chi connectivity index (χ3n) is 3.90. The van der Waals surface area contributed by atoms with Crippen LogP contribution in [0.5, 0.6) is 0 Å². The van der Waals surface area contributed by atoms with E-state index in [1.807, 2.05) is 16.9 Å². The van der Waals surface area contributed by atoms with E-state index in [-0.39, 0.29) is 0 Å². The number of furan rings is 1. The first kappa shape index (κ1) is 14.5. The molecule has 0 saturated heterocycles. The number of nitrogens with zero attached hydrogens (tertiary/aromatic N) is 4. The van der Waals surface area contributed by atoms with Gasteiger partial charge in [0.2, 0.25) is 0 Å². The highest BCUT2D eigenvalue weighted by atomic mass is 16.3. The van der Waals surface area contributed by atoms with Crippen LogP contribution >= 0.6 is 0 Å². The van der Waals surface area contributed by atoms with E-state index >= 15 is 0 Å². The summed E-state index contributed by atoms with van der Waals surface area (Å²) >= 11 is 0.